The monoisotopic (exact) mass is 212 g/mol. The lowest BCUT2D eigenvalue weighted by Crippen LogP contribution is -2.38. The summed E-state index contributed by atoms with van der Waals surface area (Å²) in [6.07, 6.45) is 8.22. The average molecular weight is 212 g/mol. The highest BCUT2D eigenvalue weighted by Gasteiger charge is 2.20. The molecule has 0 radical (unpaired) electrons. The molecule has 0 spiro atoms. The first-order chi connectivity index (χ1) is 7.22. The van der Waals surface area contributed by atoms with E-state index in [2.05, 4.69) is 31.1 Å². The summed E-state index contributed by atoms with van der Waals surface area (Å²) in [5, 5.41) is 3.74. The predicted molar refractivity (Wildman–Crippen MR) is 67.3 cm³/mol. The predicted octanol–water partition coefficient (Wildman–Crippen LogP) is 2.64. The summed E-state index contributed by atoms with van der Waals surface area (Å²) in [6.45, 7) is 7.11. The van der Waals surface area contributed by atoms with Gasteiger partial charge in [0.05, 0.1) is 0 Å². The Bertz CT molecular complexity index is 159. The van der Waals surface area contributed by atoms with Gasteiger partial charge in [0.15, 0.2) is 0 Å². The van der Waals surface area contributed by atoms with Crippen LogP contribution in [0.3, 0.4) is 0 Å². The van der Waals surface area contributed by atoms with Crippen molar-refractivity contribution in [2.24, 2.45) is 0 Å². The number of nitrogens with zero attached hydrogens (tertiary/aromatic N) is 1. The van der Waals surface area contributed by atoms with Crippen molar-refractivity contribution >= 4 is 0 Å². The van der Waals surface area contributed by atoms with E-state index >= 15 is 0 Å². The standard InChI is InChI=1S/C13H28N2/c1-4-5-6-7-8-12(2)14-13-9-10-15(3)11-13/h12-14H,4-11H2,1-3H3/t12-,13+/m0/s1. The van der Waals surface area contributed by atoms with E-state index in [1.165, 1.54) is 51.6 Å². The second kappa shape index (κ2) is 7.24. The van der Waals surface area contributed by atoms with Gasteiger partial charge in [-0.25, -0.2) is 0 Å². The van der Waals surface area contributed by atoms with Gasteiger partial charge in [-0.3, -0.25) is 0 Å². The van der Waals surface area contributed by atoms with Crippen molar-refractivity contribution in [2.45, 2.75) is 64.5 Å². The van der Waals surface area contributed by atoms with E-state index in [1.54, 1.807) is 0 Å². The van der Waals surface area contributed by atoms with Crippen LogP contribution in [0.2, 0.25) is 0 Å². The highest BCUT2D eigenvalue weighted by Crippen LogP contribution is 2.10. The normalized spacial score (nSPS) is 24.6. The van der Waals surface area contributed by atoms with Gasteiger partial charge < -0.3 is 10.2 Å². The minimum atomic E-state index is 0.707. The molecule has 0 saturated carbocycles. The molecule has 1 rings (SSSR count). The van der Waals surface area contributed by atoms with Gasteiger partial charge in [-0.2, -0.15) is 0 Å². The molecule has 2 heteroatoms. The van der Waals surface area contributed by atoms with Gasteiger partial charge in [0.25, 0.3) is 0 Å². The quantitative estimate of drug-likeness (QED) is 0.653. The van der Waals surface area contributed by atoms with E-state index in [1.807, 2.05) is 0 Å². The molecule has 1 saturated heterocycles. The van der Waals surface area contributed by atoms with Crippen molar-refractivity contribution in [3.8, 4) is 0 Å². The maximum absolute atomic E-state index is 3.74. The molecule has 0 bridgehead atoms. The number of hydrogen-bond acceptors (Lipinski definition) is 2. The van der Waals surface area contributed by atoms with Crippen LogP contribution in [-0.2, 0) is 0 Å². The lowest BCUT2D eigenvalue weighted by Gasteiger charge is -2.19. The van der Waals surface area contributed by atoms with Crippen molar-refractivity contribution in [1.29, 1.82) is 0 Å². The fourth-order valence-electron chi connectivity index (χ4n) is 2.43. The van der Waals surface area contributed by atoms with Crippen LogP contribution in [0.4, 0.5) is 0 Å². The number of likely N-dealkylation sites (tertiary alicyclic amines) is 1. The van der Waals surface area contributed by atoms with Crippen molar-refractivity contribution in [3.63, 3.8) is 0 Å². The maximum Gasteiger partial charge on any atom is 0.0209 e. The Kier molecular flexibility index (Phi) is 6.26. The summed E-state index contributed by atoms with van der Waals surface area (Å²) in [6, 6.07) is 1.45. The van der Waals surface area contributed by atoms with Crippen LogP contribution >= 0.6 is 0 Å². The van der Waals surface area contributed by atoms with Crippen molar-refractivity contribution < 1.29 is 0 Å². The van der Waals surface area contributed by atoms with E-state index in [9.17, 15) is 0 Å². The van der Waals surface area contributed by atoms with Gasteiger partial charge in [0.1, 0.15) is 0 Å². The summed E-state index contributed by atoms with van der Waals surface area (Å²) in [5.74, 6) is 0. The van der Waals surface area contributed by atoms with Crippen LogP contribution in [0.1, 0.15) is 52.4 Å². The zero-order chi connectivity index (χ0) is 11.1. The minimum Gasteiger partial charge on any atom is -0.310 e. The smallest absolute Gasteiger partial charge is 0.0209 e. The lowest BCUT2D eigenvalue weighted by molar-refractivity contribution is 0.376. The highest BCUT2D eigenvalue weighted by atomic mass is 15.2. The first-order valence-corrected chi connectivity index (χ1v) is 6.67. The van der Waals surface area contributed by atoms with Crippen LogP contribution in [-0.4, -0.2) is 37.1 Å². The molecule has 0 amide bonds. The summed E-state index contributed by atoms with van der Waals surface area (Å²) in [5.41, 5.74) is 0. The SMILES string of the molecule is CCCCCC[C@H](C)N[C@@H]1CCN(C)C1. The van der Waals surface area contributed by atoms with Gasteiger partial charge in [-0.05, 0) is 33.4 Å². The molecule has 15 heavy (non-hydrogen) atoms. The number of likely N-dealkylation sites (N-methyl/N-ethyl adjacent to an activating group) is 1. The van der Waals surface area contributed by atoms with Gasteiger partial charge in [-0.15, -0.1) is 0 Å². The van der Waals surface area contributed by atoms with Crippen LogP contribution in [0.5, 0.6) is 0 Å². The summed E-state index contributed by atoms with van der Waals surface area (Å²) < 4.78 is 0. The number of unbranched alkanes of at least 4 members (excludes halogenated alkanes) is 3. The van der Waals surface area contributed by atoms with Gasteiger partial charge in [0, 0.05) is 18.6 Å². The minimum absolute atomic E-state index is 0.707. The summed E-state index contributed by atoms with van der Waals surface area (Å²) >= 11 is 0. The Balaban J connectivity index is 2.00. The molecule has 0 aliphatic carbocycles. The molecule has 90 valence electrons. The molecule has 0 unspecified atom stereocenters. The van der Waals surface area contributed by atoms with Crippen molar-refractivity contribution in [2.75, 3.05) is 20.1 Å². The van der Waals surface area contributed by atoms with E-state index < -0.39 is 0 Å². The third-order valence-corrected chi connectivity index (χ3v) is 3.40. The molecule has 1 N–H and O–H groups in total. The molecule has 1 aliphatic rings. The Morgan fingerprint density at radius 2 is 2.13 bits per heavy atom. The topological polar surface area (TPSA) is 15.3 Å². The average Bonchev–Trinajstić information content (AvgIpc) is 2.59. The lowest BCUT2D eigenvalue weighted by atomic mass is 10.1. The molecule has 1 aliphatic heterocycles. The summed E-state index contributed by atoms with van der Waals surface area (Å²) in [7, 11) is 2.22. The molecule has 2 atom stereocenters. The third kappa shape index (κ3) is 5.53. The molecule has 1 fully saturated rings. The fraction of sp³-hybridized carbons (Fsp3) is 1.00. The van der Waals surface area contributed by atoms with E-state index in [0.29, 0.717) is 6.04 Å². The first-order valence-electron chi connectivity index (χ1n) is 6.67. The van der Waals surface area contributed by atoms with E-state index in [-0.39, 0.29) is 0 Å². The fourth-order valence-corrected chi connectivity index (χ4v) is 2.43. The van der Waals surface area contributed by atoms with Gasteiger partial charge >= 0.3 is 0 Å². The van der Waals surface area contributed by atoms with Crippen LogP contribution in [0, 0.1) is 0 Å². The highest BCUT2D eigenvalue weighted by molar-refractivity contribution is 4.80. The second-order valence-corrected chi connectivity index (χ2v) is 5.16. The van der Waals surface area contributed by atoms with Gasteiger partial charge in [0.2, 0.25) is 0 Å². The Morgan fingerprint density at radius 3 is 2.73 bits per heavy atom. The van der Waals surface area contributed by atoms with Crippen LogP contribution in [0.25, 0.3) is 0 Å². The zero-order valence-corrected chi connectivity index (χ0v) is 10.8. The second-order valence-electron chi connectivity index (χ2n) is 5.16. The molecule has 0 aromatic rings. The Labute approximate surface area is 95.4 Å². The molecule has 2 nitrogen and oxygen atoms in total. The Morgan fingerprint density at radius 1 is 1.33 bits per heavy atom. The molecular formula is C13H28N2. The third-order valence-electron chi connectivity index (χ3n) is 3.40. The maximum atomic E-state index is 3.74. The molecular weight excluding hydrogens is 184 g/mol. The first kappa shape index (κ1) is 13.0. The van der Waals surface area contributed by atoms with Crippen LogP contribution in [0.15, 0.2) is 0 Å². The zero-order valence-electron chi connectivity index (χ0n) is 10.8. The number of nitrogens with one attached hydrogen (secondary N) is 1. The Hall–Kier alpha value is -0.0800. The van der Waals surface area contributed by atoms with Crippen molar-refractivity contribution in [1.82, 2.24) is 10.2 Å². The number of hydrogen-bond donors (Lipinski definition) is 1. The number of rotatable bonds is 7. The molecule has 1 heterocycles. The van der Waals surface area contributed by atoms with Crippen LogP contribution < -0.4 is 5.32 Å². The van der Waals surface area contributed by atoms with E-state index in [4.69, 9.17) is 0 Å². The molecule has 0 aromatic heterocycles. The van der Waals surface area contributed by atoms with Crippen molar-refractivity contribution in [3.05, 3.63) is 0 Å². The molecule has 0 aromatic carbocycles. The summed E-state index contributed by atoms with van der Waals surface area (Å²) in [4.78, 5) is 2.42. The van der Waals surface area contributed by atoms with E-state index in [0.717, 1.165) is 6.04 Å². The largest absolute Gasteiger partial charge is 0.310 e. The van der Waals surface area contributed by atoms with Gasteiger partial charge in [-0.1, -0.05) is 32.6 Å².